The first kappa shape index (κ1) is 7.38. The third kappa shape index (κ3) is 0.956. The molecule has 0 fully saturated rings. The van der Waals surface area contributed by atoms with Crippen molar-refractivity contribution in [2.75, 3.05) is 4.90 Å². The molecule has 0 N–H and O–H groups in total. The number of nitrogens with zero attached hydrogens (tertiary/aromatic N) is 2. The number of aromatic nitrogens is 1. The van der Waals surface area contributed by atoms with Crippen LogP contribution in [-0.4, -0.2) is 4.98 Å². The molecule has 0 spiro atoms. The highest BCUT2D eigenvalue weighted by molar-refractivity contribution is 5.75. The van der Waals surface area contributed by atoms with Gasteiger partial charge < -0.3 is 9.64 Å². The predicted octanol–water partition coefficient (Wildman–Crippen LogP) is 2.26. The molecule has 68 valence electrons. The standard InChI is InChI=1S/C11H8N2O/c1-2-11-10(12-5-1)4-3-9-8-14-7-6-13(9)11/h1-8H. The smallest absolute Gasteiger partial charge is 0.114 e. The van der Waals surface area contributed by atoms with Crippen LogP contribution in [0.1, 0.15) is 5.69 Å². The van der Waals surface area contributed by atoms with Crippen LogP contribution in [-0.2, 0) is 4.74 Å². The Hall–Kier alpha value is -2.03. The van der Waals surface area contributed by atoms with E-state index in [0.717, 1.165) is 17.1 Å². The summed E-state index contributed by atoms with van der Waals surface area (Å²) in [6, 6.07) is 3.97. The van der Waals surface area contributed by atoms with E-state index in [0.29, 0.717) is 0 Å². The predicted molar refractivity (Wildman–Crippen MR) is 54.1 cm³/mol. The molecule has 1 aromatic heterocycles. The Morgan fingerprint density at radius 3 is 3.29 bits per heavy atom. The van der Waals surface area contributed by atoms with Gasteiger partial charge in [0.2, 0.25) is 0 Å². The third-order valence-electron chi connectivity index (χ3n) is 2.24. The number of hydrogen-bond donors (Lipinski definition) is 0. The van der Waals surface area contributed by atoms with Crippen molar-refractivity contribution in [2.24, 2.45) is 0 Å². The molecule has 0 radical (unpaired) electrons. The van der Waals surface area contributed by atoms with Crippen molar-refractivity contribution in [3.63, 3.8) is 0 Å². The maximum atomic E-state index is 5.10. The molecule has 3 rings (SSSR count). The van der Waals surface area contributed by atoms with Crippen LogP contribution in [0.15, 0.2) is 48.8 Å². The number of pyridine rings is 1. The molecule has 14 heavy (non-hydrogen) atoms. The van der Waals surface area contributed by atoms with Gasteiger partial charge in [-0.1, -0.05) is 0 Å². The molecule has 0 saturated carbocycles. The topological polar surface area (TPSA) is 25.4 Å². The highest BCUT2D eigenvalue weighted by Crippen LogP contribution is 2.30. The van der Waals surface area contributed by atoms with E-state index in [4.69, 9.17) is 4.74 Å². The van der Waals surface area contributed by atoms with E-state index < -0.39 is 0 Å². The van der Waals surface area contributed by atoms with E-state index in [1.807, 2.05) is 35.4 Å². The zero-order valence-electron chi connectivity index (χ0n) is 7.42. The summed E-state index contributed by atoms with van der Waals surface area (Å²) in [5.41, 5.74) is 3.09. The van der Waals surface area contributed by atoms with Crippen molar-refractivity contribution in [3.8, 4) is 0 Å². The normalized spacial score (nSPS) is 16.9. The number of allylic oxidation sites excluding steroid dienone is 1. The van der Waals surface area contributed by atoms with Gasteiger partial charge in [0.15, 0.2) is 0 Å². The van der Waals surface area contributed by atoms with Crippen molar-refractivity contribution in [3.05, 3.63) is 54.5 Å². The number of anilines is 1. The van der Waals surface area contributed by atoms with Crippen LogP contribution in [0.4, 0.5) is 5.69 Å². The Labute approximate surface area is 81.6 Å². The van der Waals surface area contributed by atoms with Gasteiger partial charge in [-0.3, -0.25) is 4.98 Å². The largest absolute Gasteiger partial charge is 0.469 e. The second-order valence-electron chi connectivity index (χ2n) is 3.08. The van der Waals surface area contributed by atoms with Gasteiger partial charge in [0.1, 0.15) is 12.5 Å². The quantitative estimate of drug-likeness (QED) is 0.618. The maximum absolute atomic E-state index is 5.10. The van der Waals surface area contributed by atoms with Gasteiger partial charge in [0.05, 0.1) is 17.1 Å². The Morgan fingerprint density at radius 2 is 2.29 bits per heavy atom. The minimum Gasteiger partial charge on any atom is -0.469 e. The van der Waals surface area contributed by atoms with Crippen molar-refractivity contribution in [1.82, 2.24) is 4.98 Å². The Bertz CT molecular complexity index is 460. The summed E-state index contributed by atoms with van der Waals surface area (Å²) in [4.78, 5) is 6.33. The molecule has 1 aromatic rings. The molecule has 2 aliphatic rings. The average Bonchev–Trinajstić information content (AvgIpc) is 2.29. The van der Waals surface area contributed by atoms with Crippen LogP contribution in [0.2, 0.25) is 0 Å². The number of hydrogen-bond acceptors (Lipinski definition) is 3. The molecular weight excluding hydrogens is 176 g/mol. The van der Waals surface area contributed by atoms with Crippen molar-refractivity contribution in [2.45, 2.75) is 0 Å². The van der Waals surface area contributed by atoms with Crippen LogP contribution in [0, 0.1) is 0 Å². The highest BCUT2D eigenvalue weighted by Gasteiger charge is 2.17. The fraction of sp³-hybridized carbons (Fsp3) is 0. The van der Waals surface area contributed by atoms with Crippen LogP contribution < -0.4 is 4.90 Å². The summed E-state index contributed by atoms with van der Waals surface area (Å²) in [6.45, 7) is 0. The summed E-state index contributed by atoms with van der Waals surface area (Å²) < 4.78 is 5.10. The first-order valence-corrected chi connectivity index (χ1v) is 4.40. The van der Waals surface area contributed by atoms with Crippen LogP contribution >= 0.6 is 0 Å². The van der Waals surface area contributed by atoms with Gasteiger partial charge in [0, 0.05) is 12.4 Å². The second-order valence-corrected chi connectivity index (χ2v) is 3.08. The van der Waals surface area contributed by atoms with Gasteiger partial charge in [-0.2, -0.15) is 0 Å². The number of ether oxygens (including phenoxy) is 1. The molecule has 3 heterocycles. The van der Waals surface area contributed by atoms with E-state index >= 15 is 0 Å². The molecule has 0 aliphatic carbocycles. The zero-order valence-corrected chi connectivity index (χ0v) is 7.42. The fourth-order valence-corrected chi connectivity index (χ4v) is 1.59. The Kier molecular flexibility index (Phi) is 1.44. The lowest BCUT2D eigenvalue weighted by molar-refractivity contribution is 0.389. The van der Waals surface area contributed by atoms with Crippen molar-refractivity contribution in [1.29, 1.82) is 0 Å². The van der Waals surface area contributed by atoms with Crippen molar-refractivity contribution >= 4 is 11.8 Å². The first-order chi connectivity index (χ1) is 6.95. The second kappa shape index (κ2) is 2.73. The van der Waals surface area contributed by atoms with Gasteiger partial charge in [0.25, 0.3) is 0 Å². The van der Waals surface area contributed by atoms with E-state index in [2.05, 4.69) is 4.98 Å². The average molecular weight is 184 g/mol. The zero-order chi connectivity index (χ0) is 9.38. The third-order valence-corrected chi connectivity index (χ3v) is 2.24. The molecule has 0 unspecified atom stereocenters. The summed E-state index contributed by atoms with van der Waals surface area (Å²) in [7, 11) is 0. The van der Waals surface area contributed by atoms with Crippen molar-refractivity contribution < 1.29 is 4.74 Å². The molecule has 3 heteroatoms. The first-order valence-electron chi connectivity index (χ1n) is 4.40. The summed E-state index contributed by atoms with van der Waals surface area (Å²) in [5, 5.41) is 0. The summed E-state index contributed by atoms with van der Waals surface area (Å²) in [5.74, 6) is 0. The minimum absolute atomic E-state index is 0.983. The molecule has 0 amide bonds. The SMILES string of the molecule is C1=CN2C(=CO1)C=Cc1ncccc12. The summed E-state index contributed by atoms with van der Waals surface area (Å²) >= 11 is 0. The monoisotopic (exact) mass is 184 g/mol. The van der Waals surface area contributed by atoms with E-state index in [1.165, 1.54) is 0 Å². The van der Waals surface area contributed by atoms with Gasteiger partial charge in [-0.25, -0.2) is 0 Å². The number of fused-ring (bicyclic) bond motifs is 3. The van der Waals surface area contributed by atoms with Crippen LogP contribution in [0.3, 0.4) is 0 Å². The van der Waals surface area contributed by atoms with Gasteiger partial charge in [-0.15, -0.1) is 0 Å². The molecule has 0 bridgehead atoms. The Morgan fingerprint density at radius 1 is 1.29 bits per heavy atom. The minimum atomic E-state index is 0.983. The lowest BCUT2D eigenvalue weighted by Crippen LogP contribution is -2.20. The fourth-order valence-electron chi connectivity index (χ4n) is 1.59. The van der Waals surface area contributed by atoms with E-state index in [-0.39, 0.29) is 0 Å². The molecule has 0 atom stereocenters. The molecule has 0 saturated heterocycles. The molecule has 2 aliphatic heterocycles. The maximum Gasteiger partial charge on any atom is 0.114 e. The van der Waals surface area contributed by atoms with Crippen LogP contribution in [0.25, 0.3) is 6.08 Å². The van der Waals surface area contributed by atoms with E-state index in [9.17, 15) is 0 Å². The lowest BCUT2D eigenvalue weighted by atomic mass is 10.1. The molecule has 3 nitrogen and oxygen atoms in total. The van der Waals surface area contributed by atoms with Gasteiger partial charge in [-0.05, 0) is 24.3 Å². The molecule has 0 aromatic carbocycles. The highest BCUT2D eigenvalue weighted by atomic mass is 16.5. The summed E-state index contributed by atoms with van der Waals surface area (Å²) in [6.07, 6.45) is 11.0. The van der Waals surface area contributed by atoms with Crippen LogP contribution in [0.5, 0.6) is 0 Å². The van der Waals surface area contributed by atoms with E-state index in [1.54, 1.807) is 18.7 Å². The molecular formula is C11H8N2O. The lowest BCUT2D eigenvalue weighted by Gasteiger charge is -2.27. The number of rotatable bonds is 0. The Balaban J connectivity index is 2.19. The van der Waals surface area contributed by atoms with Gasteiger partial charge >= 0.3 is 0 Å².